The molecule has 0 saturated carbocycles. The summed E-state index contributed by atoms with van der Waals surface area (Å²) in [7, 11) is 0. The number of hydrogen-bond donors (Lipinski definition) is 1. The second-order valence-corrected chi connectivity index (χ2v) is 5.72. The number of amides is 1. The lowest BCUT2D eigenvalue weighted by Gasteiger charge is -2.03. The Balaban J connectivity index is 1.64. The quantitative estimate of drug-likeness (QED) is 0.723. The predicted octanol–water partition coefficient (Wildman–Crippen LogP) is 1.85. The van der Waals surface area contributed by atoms with Crippen LogP contribution in [0.2, 0.25) is 0 Å². The van der Waals surface area contributed by atoms with E-state index in [0.717, 1.165) is 5.69 Å². The summed E-state index contributed by atoms with van der Waals surface area (Å²) >= 11 is 2.65. The molecule has 0 spiro atoms. The number of hydrogen-bond acceptors (Lipinski definition) is 7. The predicted molar refractivity (Wildman–Crippen MR) is 80.6 cm³/mol. The highest BCUT2D eigenvalue weighted by atomic mass is 32.2. The van der Waals surface area contributed by atoms with Crippen LogP contribution in [-0.4, -0.2) is 36.9 Å². The fourth-order valence-electron chi connectivity index (χ4n) is 1.57. The maximum atomic E-state index is 11.8. The van der Waals surface area contributed by atoms with Gasteiger partial charge in [-0.25, -0.2) is 4.98 Å². The SMILES string of the molecule is O=C(CSc1nnnn1-c1ccccc1)Nc1nccs1. The molecule has 1 aromatic carbocycles. The number of para-hydroxylation sites is 1. The first kappa shape index (κ1) is 13.7. The van der Waals surface area contributed by atoms with Crippen LogP contribution in [0.3, 0.4) is 0 Å². The van der Waals surface area contributed by atoms with Crippen LogP contribution in [0.4, 0.5) is 5.13 Å². The van der Waals surface area contributed by atoms with Gasteiger partial charge in [-0.15, -0.1) is 16.4 Å². The Kier molecular flexibility index (Phi) is 4.22. The summed E-state index contributed by atoms with van der Waals surface area (Å²) < 4.78 is 1.60. The minimum Gasteiger partial charge on any atom is -0.301 e. The zero-order valence-electron chi connectivity index (χ0n) is 10.7. The van der Waals surface area contributed by atoms with E-state index in [1.807, 2.05) is 30.3 Å². The minimum absolute atomic E-state index is 0.141. The number of rotatable bonds is 5. The fourth-order valence-corrected chi connectivity index (χ4v) is 2.81. The first-order valence-electron chi connectivity index (χ1n) is 5.99. The Morgan fingerprint density at radius 2 is 2.19 bits per heavy atom. The highest BCUT2D eigenvalue weighted by Gasteiger charge is 2.11. The smallest absolute Gasteiger partial charge is 0.236 e. The van der Waals surface area contributed by atoms with Crippen LogP contribution in [0.1, 0.15) is 0 Å². The van der Waals surface area contributed by atoms with Gasteiger partial charge < -0.3 is 5.32 Å². The molecule has 0 saturated heterocycles. The van der Waals surface area contributed by atoms with Crippen molar-refractivity contribution in [1.29, 1.82) is 0 Å². The van der Waals surface area contributed by atoms with Gasteiger partial charge in [0.25, 0.3) is 0 Å². The van der Waals surface area contributed by atoms with Crippen LogP contribution in [0.5, 0.6) is 0 Å². The van der Waals surface area contributed by atoms with Gasteiger partial charge in [-0.3, -0.25) is 4.79 Å². The molecule has 0 bridgehead atoms. The maximum absolute atomic E-state index is 11.8. The van der Waals surface area contributed by atoms with Gasteiger partial charge >= 0.3 is 0 Å². The van der Waals surface area contributed by atoms with Gasteiger partial charge in [0.05, 0.1) is 11.4 Å². The molecular formula is C12H10N6OS2. The number of thiazole rings is 1. The van der Waals surface area contributed by atoms with Crippen molar-refractivity contribution in [3.05, 3.63) is 41.9 Å². The first-order chi connectivity index (χ1) is 10.3. The standard InChI is InChI=1S/C12H10N6OS2/c19-10(14-11-13-6-7-20-11)8-21-12-15-16-17-18(12)9-4-2-1-3-5-9/h1-7H,8H2,(H,13,14,19). The number of aromatic nitrogens is 5. The van der Waals surface area contributed by atoms with Crippen LogP contribution in [-0.2, 0) is 4.79 Å². The zero-order chi connectivity index (χ0) is 14.5. The van der Waals surface area contributed by atoms with E-state index in [1.54, 1.807) is 16.3 Å². The Bertz CT molecular complexity index is 712. The molecule has 0 fully saturated rings. The van der Waals surface area contributed by atoms with E-state index in [0.29, 0.717) is 10.3 Å². The Labute approximate surface area is 128 Å². The number of carbonyl (C=O) groups is 1. The van der Waals surface area contributed by atoms with Gasteiger partial charge in [-0.1, -0.05) is 30.0 Å². The van der Waals surface area contributed by atoms with Gasteiger partial charge in [0.2, 0.25) is 11.1 Å². The maximum Gasteiger partial charge on any atom is 0.236 e. The molecule has 3 aromatic rings. The topological polar surface area (TPSA) is 85.6 Å². The number of nitrogens with one attached hydrogen (secondary N) is 1. The van der Waals surface area contributed by atoms with Crippen LogP contribution >= 0.6 is 23.1 Å². The van der Waals surface area contributed by atoms with Gasteiger partial charge in [0, 0.05) is 11.6 Å². The molecule has 0 atom stereocenters. The number of thioether (sulfide) groups is 1. The third-order valence-electron chi connectivity index (χ3n) is 2.45. The molecule has 0 aliphatic carbocycles. The average molecular weight is 318 g/mol. The van der Waals surface area contributed by atoms with E-state index in [4.69, 9.17) is 0 Å². The number of benzene rings is 1. The normalized spacial score (nSPS) is 10.5. The highest BCUT2D eigenvalue weighted by Crippen LogP contribution is 2.18. The van der Waals surface area contributed by atoms with Crippen LogP contribution in [0.15, 0.2) is 47.1 Å². The summed E-state index contributed by atoms with van der Waals surface area (Å²) in [5, 5.41) is 17.2. The third kappa shape index (κ3) is 3.44. The average Bonchev–Trinajstić information content (AvgIpc) is 3.17. The van der Waals surface area contributed by atoms with E-state index < -0.39 is 0 Å². The molecule has 3 rings (SSSR count). The Hall–Kier alpha value is -2.26. The third-order valence-corrected chi connectivity index (χ3v) is 4.06. The molecule has 7 nitrogen and oxygen atoms in total. The fraction of sp³-hybridized carbons (Fsp3) is 0.0833. The van der Waals surface area contributed by atoms with Crippen molar-refractivity contribution >= 4 is 34.1 Å². The monoisotopic (exact) mass is 318 g/mol. The zero-order valence-corrected chi connectivity index (χ0v) is 12.3. The van der Waals surface area contributed by atoms with Gasteiger partial charge in [-0.05, 0) is 22.6 Å². The lowest BCUT2D eigenvalue weighted by Crippen LogP contribution is -2.14. The van der Waals surface area contributed by atoms with Crippen molar-refractivity contribution in [2.75, 3.05) is 11.1 Å². The van der Waals surface area contributed by atoms with Crippen LogP contribution in [0, 0.1) is 0 Å². The first-order valence-corrected chi connectivity index (χ1v) is 7.85. The van der Waals surface area contributed by atoms with Crippen molar-refractivity contribution in [3.63, 3.8) is 0 Å². The number of nitrogens with zero attached hydrogens (tertiary/aromatic N) is 5. The Morgan fingerprint density at radius 3 is 2.95 bits per heavy atom. The van der Waals surface area contributed by atoms with Crippen molar-refractivity contribution in [2.24, 2.45) is 0 Å². The molecule has 1 N–H and O–H groups in total. The molecule has 2 aromatic heterocycles. The van der Waals surface area contributed by atoms with E-state index in [9.17, 15) is 4.79 Å². The van der Waals surface area contributed by atoms with Crippen molar-refractivity contribution in [2.45, 2.75) is 5.16 Å². The Morgan fingerprint density at radius 1 is 1.33 bits per heavy atom. The van der Waals surface area contributed by atoms with Gasteiger partial charge in [0.15, 0.2) is 5.13 Å². The van der Waals surface area contributed by atoms with Crippen molar-refractivity contribution < 1.29 is 4.79 Å². The van der Waals surface area contributed by atoms with E-state index in [2.05, 4.69) is 25.8 Å². The second kappa shape index (κ2) is 6.46. The minimum atomic E-state index is -0.141. The van der Waals surface area contributed by atoms with Crippen LogP contribution < -0.4 is 5.32 Å². The molecule has 9 heteroatoms. The summed E-state index contributed by atoms with van der Waals surface area (Å²) in [5.74, 6) is 0.0739. The summed E-state index contributed by atoms with van der Waals surface area (Å²) in [6.07, 6.45) is 1.64. The molecule has 0 aliphatic rings. The molecule has 106 valence electrons. The lowest BCUT2D eigenvalue weighted by molar-refractivity contribution is -0.113. The summed E-state index contributed by atoms with van der Waals surface area (Å²) in [5.41, 5.74) is 0.852. The molecule has 0 radical (unpaired) electrons. The molecule has 0 aliphatic heterocycles. The number of carbonyl (C=O) groups excluding carboxylic acids is 1. The summed E-state index contributed by atoms with van der Waals surface area (Å²) in [6.45, 7) is 0. The van der Waals surface area contributed by atoms with Crippen molar-refractivity contribution in [3.8, 4) is 5.69 Å². The second-order valence-electron chi connectivity index (χ2n) is 3.88. The molecular weight excluding hydrogens is 308 g/mol. The highest BCUT2D eigenvalue weighted by molar-refractivity contribution is 7.99. The summed E-state index contributed by atoms with van der Waals surface area (Å²) in [4.78, 5) is 15.8. The molecule has 0 unspecified atom stereocenters. The van der Waals surface area contributed by atoms with E-state index in [1.165, 1.54) is 23.1 Å². The summed E-state index contributed by atoms with van der Waals surface area (Å²) in [6, 6.07) is 9.52. The molecule has 1 amide bonds. The lowest BCUT2D eigenvalue weighted by atomic mass is 10.3. The van der Waals surface area contributed by atoms with Crippen molar-refractivity contribution in [1.82, 2.24) is 25.2 Å². The van der Waals surface area contributed by atoms with E-state index in [-0.39, 0.29) is 11.7 Å². The largest absolute Gasteiger partial charge is 0.301 e. The van der Waals surface area contributed by atoms with Crippen LogP contribution in [0.25, 0.3) is 5.69 Å². The van der Waals surface area contributed by atoms with E-state index >= 15 is 0 Å². The molecule has 21 heavy (non-hydrogen) atoms. The van der Waals surface area contributed by atoms with Gasteiger partial charge in [-0.2, -0.15) is 4.68 Å². The number of tetrazole rings is 1. The van der Waals surface area contributed by atoms with Gasteiger partial charge in [0.1, 0.15) is 0 Å². The molecule has 2 heterocycles. The number of anilines is 1.